The molecule has 12 nitrogen and oxygen atoms in total. The molecule has 4 heterocycles. The van der Waals surface area contributed by atoms with E-state index >= 15 is 0 Å². The number of aromatic amines is 1. The summed E-state index contributed by atoms with van der Waals surface area (Å²) in [6, 6.07) is 9.95. The van der Waals surface area contributed by atoms with Gasteiger partial charge in [-0.2, -0.15) is 15.1 Å². The smallest absolute Gasteiger partial charge is 0.407 e. The third-order valence-electron chi connectivity index (χ3n) is 7.43. The molecule has 1 fully saturated rings. The first-order valence-electron chi connectivity index (χ1n) is 13.5. The number of aromatic nitrogens is 5. The Balaban J connectivity index is 1.62. The molecule has 1 unspecified atom stereocenters. The van der Waals surface area contributed by atoms with Gasteiger partial charge in [0.05, 0.1) is 16.3 Å². The maximum atomic E-state index is 13.7. The highest BCUT2D eigenvalue weighted by Crippen LogP contribution is 2.32. The number of benzene rings is 1. The minimum atomic E-state index is -3.96. The van der Waals surface area contributed by atoms with Crippen molar-refractivity contribution < 1.29 is 18.3 Å². The SMILES string of the molecule is Cc1ccc(S(=O)(=O)n2ccc3c(Nc4cc(C(C)(C)C)[nH]n4)nc(N4CCN(C(=O)O)C(C(C)C)C4)nc32)cc1. The Bertz CT molecular complexity index is 1690. The van der Waals surface area contributed by atoms with Gasteiger partial charge in [-0.05, 0) is 31.0 Å². The lowest BCUT2D eigenvalue weighted by atomic mass is 9.92. The molecule has 218 valence electrons. The van der Waals surface area contributed by atoms with E-state index in [1.54, 1.807) is 30.3 Å². The van der Waals surface area contributed by atoms with Crippen LogP contribution in [0.5, 0.6) is 0 Å². The van der Waals surface area contributed by atoms with Crippen LogP contribution in [-0.2, 0) is 15.4 Å². The number of nitrogens with zero attached hydrogens (tertiary/aromatic N) is 6. The number of amides is 1. The second kappa shape index (κ2) is 10.4. The van der Waals surface area contributed by atoms with Crippen molar-refractivity contribution in [2.75, 3.05) is 29.9 Å². The third kappa shape index (κ3) is 5.45. The molecule has 0 bridgehead atoms. The minimum absolute atomic E-state index is 0.0564. The summed E-state index contributed by atoms with van der Waals surface area (Å²) in [4.78, 5) is 24.9. The number of carboxylic acid groups (broad SMARTS) is 1. The Kier molecular flexibility index (Phi) is 7.18. The van der Waals surface area contributed by atoms with Crippen LogP contribution in [0.4, 0.5) is 22.4 Å². The van der Waals surface area contributed by atoms with Gasteiger partial charge in [0.1, 0.15) is 5.82 Å². The fourth-order valence-electron chi connectivity index (χ4n) is 4.93. The van der Waals surface area contributed by atoms with Gasteiger partial charge >= 0.3 is 6.09 Å². The van der Waals surface area contributed by atoms with Gasteiger partial charge in [-0.15, -0.1) is 0 Å². The first-order chi connectivity index (χ1) is 19.3. The molecule has 13 heteroatoms. The van der Waals surface area contributed by atoms with E-state index in [1.165, 1.54) is 15.1 Å². The predicted octanol–water partition coefficient (Wildman–Crippen LogP) is 4.57. The number of hydrogen-bond acceptors (Lipinski definition) is 8. The van der Waals surface area contributed by atoms with E-state index in [4.69, 9.17) is 9.97 Å². The highest BCUT2D eigenvalue weighted by atomic mass is 32.2. The molecule has 0 aliphatic carbocycles. The lowest BCUT2D eigenvalue weighted by molar-refractivity contribution is 0.102. The number of anilines is 3. The van der Waals surface area contributed by atoms with Gasteiger partial charge in [0.15, 0.2) is 11.5 Å². The van der Waals surface area contributed by atoms with Gasteiger partial charge in [-0.25, -0.2) is 17.2 Å². The van der Waals surface area contributed by atoms with Crippen LogP contribution in [0, 0.1) is 12.8 Å². The number of nitrogens with one attached hydrogen (secondary N) is 2. The summed E-state index contributed by atoms with van der Waals surface area (Å²) in [5.41, 5.74) is 1.94. The Morgan fingerprint density at radius 3 is 2.44 bits per heavy atom. The van der Waals surface area contributed by atoms with Crippen LogP contribution in [0.1, 0.15) is 45.9 Å². The average Bonchev–Trinajstić information content (AvgIpc) is 3.56. The molecule has 4 aromatic rings. The van der Waals surface area contributed by atoms with E-state index in [0.717, 1.165) is 11.3 Å². The fourth-order valence-corrected chi connectivity index (χ4v) is 6.22. The molecule has 1 amide bonds. The van der Waals surface area contributed by atoms with Crippen LogP contribution in [-0.4, -0.2) is 74.3 Å². The van der Waals surface area contributed by atoms with Crippen LogP contribution >= 0.6 is 0 Å². The van der Waals surface area contributed by atoms with E-state index in [2.05, 4.69) is 36.3 Å². The maximum Gasteiger partial charge on any atom is 0.407 e. The molecule has 1 atom stereocenters. The zero-order valence-corrected chi connectivity index (χ0v) is 24.9. The molecule has 3 N–H and O–H groups in total. The Hall–Kier alpha value is -4.13. The van der Waals surface area contributed by atoms with Crippen molar-refractivity contribution in [3.8, 4) is 0 Å². The van der Waals surface area contributed by atoms with Crippen molar-refractivity contribution in [2.24, 2.45) is 5.92 Å². The summed E-state index contributed by atoms with van der Waals surface area (Å²) in [6.07, 6.45) is 0.516. The largest absolute Gasteiger partial charge is 0.465 e. The van der Waals surface area contributed by atoms with Crippen LogP contribution in [0.2, 0.25) is 0 Å². The molecule has 1 aliphatic heterocycles. The Morgan fingerprint density at radius 1 is 1.12 bits per heavy atom. The lowest BCUT2D eigenvalue weighted by Crippen LogP contribution is -2.57. The summed E-state index contributed by atoms with van der Waals surface area (Å²) >= 11 is 0. The monoisotopic (exact) mass is 580 g/mol. The van der Waals surface area contributed by atoms with Crippen LogP contribution in [0.25, 0.3) is 11.0 Å². The summed E-state index contributed by atoms with van der Waals surface area (Å²) in [7, 11) is -3.96. The Morgan fingerprint density at radius 2 is 1.83 bits per heavy atom. The van der Waals surface area contributed by atoms with Crippen LogP contribution in [0.3, 0.4) is 0 Å². The highest BCUT2D eigenvalue weighted by Gasteiger charge is 2.34. The maximum absolute atomic E-state index is 13.7. The van der Waals surface area contributed by atoms with E-state index in [9.17, 15) is 18.3 Å². The molecular weight excluding hydrogens is 544 g/mol. The number of hydrogen-bond donors (Lipinski definition) is 3. The van der Waals surface area contributed by atoms with Crippen molar-refractivity contribution in [2.45, 2.75) is 57.9 Å². The summed E-state index contributed by atoms with van der Waals surface area (Å²) in [5, 5.41) is 20.9. The second-order valence-corrected chi connectivity index (χ2v) is 13.6. The molecule has 41 heavy (non-hydrogen) atoms. The number of fused-ring (bicyclic) bond motifs is 1. The molecular formula is C28H36N8O4S. The third-order valence-corrected chi connectivity index (χ3v) is 9.11. The molecule has 1 saturated heterocycles. The standard InChI is InChI=1S/C28H36N8O4S/c1-17(2)21-16-34(13-14-35(21)27(37)38)26-30-24(29-23-15-22(32-33-23)28(4,5)6)20-11-12-36(25(20)31-26)41(39,40)19-9-7-18(3)8-10-19/h7-12,15,17,21H,13-14,16H2,1-6H3,(H,37,38)(H2,29,30,31,32,33). The van der Waals surface area contributed by atoms with E-state index < -0.39 is 16.1 Å². The number of H-pyrrole nitrogens is 1. The lowest BCUT2D eigenvalue weighted by Gasteiger charge is -2.41. The van der Waals surface area contributed by atoms with Crippen molar-refractivity contribution in [1.82, 2.24) is 29.0 Å². The van der Waals surface area contributed by atoms with Crippen molar-refractivity contribution in [3.63, 3.8) is 0 Å². The minimum Gasteiger partial charge on any atom is -0.465 e. The first kappa shape index (κ1) is 28.4. The zero-order valence-electron chi connectivity index (χ0n) is 24.1. The zero-order chi connectivity index (χ0) is 29.7. The molecule has 1 aliphatic rings. The number of carbonyl (C=O) groups is 1. The van der Waals surface area contributed by atoms with Crippen molar-refractivity contribution in [1.29, 1.82) is 0 Å². The average molecular weight is 581 g/mol. The second-order valence-electron chi connectivity index (χ2n) is 11.8. The first-order valence-corrected chi connectivity index (χ1v) is 15.0. The van der Waals surface area contributed by atoms with Crippen LogP contribution in [0.15, 0.2) is 47.5 Å². The van der Waals surface area contributed by atoms with Gasteiger partial charge in [0.25, 0.3) is 10.0 Å². The van der Waals surface area contributed by atoms with Gasteiger partial charge in [-0.3, -0.25) is 5.10 Å². The number of aryl methyl sites for hydroxylation is 1. The molecule has 5 rings (SSSR count). The van der Waals surface area contributed by atoms with Crippen LogP contribution < -0.4 is 10.2 Å². The van der Waals surface area contributed by atoms with Gasteiger partial charge in [-0.1, -0.05) is 52.3 Å². The van der Waals surface area contributed by atoms with E-state index in [0.29, 0.717) is 36.1 Å². The molecule has 0 radical (unpaired) electrons. The van der Waals surface area contributed by atoms with Gasteiger partial charge < -0.3 is 20.2 Å². The van der Waals surface area contributed by atoms with Crippen molar-refractivity contribution >= 4 is 44.7 Å². The highest BCUT2D eigenvalue weighted by molar-refractivity contribution is 7.90. The van der Waals surface area contributed by atoms with Gasteiger partial charge in [0, 0.05) is 43.0 Å². The summed E-state index contributed by atoms with van der Waals surface area (Å²) < 4.78 is 28.6. The van der Waals surface area contributed by atoms with Crippen molar-refractivity contribution in [3.05, 3.63) is 53.9 Å². The van der Waals surface area contributed by atoms with E-state index in [1.807, 2.05) is 31.7 Å². The molecule has 0 saturated carbocycles. The summed E-state index contributed by atoms with van der Waals surface area (Å²) in [6.45, 7) is 13.1. The molecule has 1 aromatic carbocycles. The topological polar surface area (TPSA) is 149 Å². The van der Waals surface area contributed by atoms with Gasteiger partial charge in [0.2, 0.25) is 5.95 Å². The normalized spacial score (nSPS) is 16.5. The summed E-state index contributed by atoms with van der Waals surface area (Å²) in [5.74, 6) is 1.30. The van der Waals surface area contributed by atoms with E-state index in [-0.39, 0.29) is 34.5 Å². The molecule has 0 spiro atoms. The Labute approximate surface area is 239 Å². The number of rotatable bonds is 6. The predicted molar refractivity (Wildman–Crippen MR) is 157 cm³/mol. The number of piperazine rings is 1. The fraction of sp³-hybridized carbons (Fsp3) is 0.429. The molecule has 3 aromatic heterocycles. The quantitative estimate of drug-likeness (QED) is 0.298.